The van der Waals surface area contributed by atoms with Crippen molar-refractivity contribution in [1.29, 1.82) is 0 Å². The van der Waals surface area contributed by atoms with E-state index in [0.29, 0.717) is 11.4 Å². The fourth-order valence-corrected chi connectivity index (χ4v) is 3.18. The van der Waals surface area contributed by atoms with E-state index in [1.165, 1.54) is 11.3 Å². The van der Waals surface area contributed by atoms with Crippen molar-refractivity contribution >= 4 is 38.9 Å². The molecule has 1 nitrogen and oxygen atoms in total. The van der Waals surface area contributed by atoms with Gasteiger partial charge in [-0.05, 0) is 35.6 Å². The van der Waals surface area contributed by atoms with Gasteiger partial charge in [0.15, 0.2) is 0 Å². The Morgan fingerprint density at radius 3 is 2.53 bits per heavy atom. The first-order valence-electron chi connectivity index (χ1n) is 5.24. The number of aliphatic hydroxyl groups excluding tert-OH is 1. The predicted octanol–water partition coefficient (Wildman–Crippen LogP) is 4.75. The summed E-state index contributed by atoms with van der Waals surface area (Å²) in [6.07, 6.45) is 0.0647. The summed E-state index contributed by atoms with van der Waals surface area (Å²) < 4.78 is 1.04. The minimum atomic E-state index is -0.526. The average Bonchev–Trinajstić information content (AvgIpc) is 2.63. The van der Waals surface area contributed by atoms with Gasteiger partial charge in [-0.25, -0.2) is 0 Å². The van der Waals surface area contributed by atoms with Crippen LogP contribution in [-0.4, -0.2) is 5.11 Å². The van der Waals surface area contributed by atoms with Gasteiger partial charge in [0, 0.05) is 10.9 Å². The molecule has 0 aliphatic carbocycles. The van der Waals surface area contributed by atoms with E-state index in [2.05, 4.69) is 15.9 Å². The van der Waals surface area contributed by atoms with E-state index in [0.717, 1.165) is 20.5 Å². The molecule has 0 spiro atoms. The standard InChI is InChI=1S/C13H12BrClOS/c1-8-7-17-13(12(8)15)11(16)6-9-2-4-10(14)5-3-9/h2-5,7,11,16H,6H2,1H3. The third kappa shape index (κ3) is 3.10. The fourth-order valence-electron chi connectivity index (χ4n) is 1.61. The molecule has 0 saturated carbocycles. The topological polar surface area (TPSA) is 20.2 Å². The third-order valence-electron chi connectivity index (χ3n) is 2.57. The number of hydrogen-bond donors (Lipinski definition) is 1. The molecule has 90 valence electrons. The molecule has 1 heterocycles. The lowest BCUT2D eigenvalue weighted by atomic mass is 10.1. The fraction of sp³-hybridized carbons (Fsp3) is 0.231. The Bertz CT molecular complexity index is 507. The number of rotatable bonds is 3. The first-order chi connectivity index (χ1) is 8.08. The lowest BCUT2D eigenvalue weighted by Gasteiger charge is -2.09. The molecule has 2 rings (SSSR count). The summed E-state index contributed by atoms with van der Waals surface area (Å²) >= 11 is 11.0. The van der Waals surface area contributed by atoms with Crippen LogP contribution < -0.4 is 0 Å². The van der Waals surface area contributed by atoms with E-state index >= 15 is 0 Å². The van der Waals surface area contributed by atoms with Gasteiger partial charge < -0.3 is 5.11 Å². The first kappa shape index (κ1) is 13.1. The van der Waals surface area contributed by atoms with Crippen LogP contribution in [0.15, 0.2) is 34.1 Å². The molecular formula is C13H12BrClOS. The Kier molecular flexibility index (Phi) is 4.26. The Morgan fingerprint density at radius 2 is 2.00 bits per heavy atom. The number of benzene rings is 1. The van der Waals surface area contributed by atoms with Gasteiger partial charge in [-0.15, -0.1) is 11.3 Å². The van der Waals surface area contributed by atoms with E-state index in [9.17, 15) is 5.11 Å². The molecule has 4 heteroatoms. The van der Waals surface area contributed by atoms with Crippen molar-refractivity contribution in [1.82, 2.24) is 0 Å². The maximum atomic E-state index is 10.2. The highest BCUT2D eigenvalue weighted by molar-refractivity contribution is 9.10. The second-order valence-electron chi connectivity index (χ2n) is 3.94. The maximum absolute atomic E-state index is 10.2. The molecule has 0 amide bonds. The molecular weight excluding hydrogens is 320 g/mol. The molecule has 1 aromatic carbocycles. The molecule has 0 saturated heterocycles. The number of thiophene rings is 1. The summed E-state index contributed by atoms with van der Waals surface area (Å²) in [7, 11) is 0. The first-order valence-corrected chi connectivity index (χ1v) is 7.29. The maximum Gasteiger partial charge on any atom is 0.0937 e. The second-order valence-corrected chi connectivity index (χ2v) is 6.15. The zero-order valence-electron chi connectivity index (χ0n) is 9.28. The summed E-state index contributed by atoms with van der Waals surface area (Å²) in [5.41, 5.74) is 2.13. The van der Waals surface area contributed by atoms with Crippen molar-refractivity contribution in [2.24, 2.45) is 0 Å². The molecule has 0 fully saturated rings. The van der Waals surface area contributed by atoms with Crippen molar-refractivity contribution in [3.63, 3.8) is 0 Å². The van der Waals surface area contributed by atoms with Crippen LogP contribution in [0.4, 0.5) is 0 Å². The SMILES string of the molecule is Cc1csc(C(O)Cc2ccc(Br)cc2)c1Cl. The van der Waals surface area contributed by atoms with Crippen LogP contribution in [0.1, 0.15) is 22.1 Å². The van der Waals surface area contributed by atoms with E-state index in [4.69, 9.17) is 11.6 Å². The van der Waals surface area contributed by atoms with Crippen molar-refractivity contribution in [3.8, 4) is 0 Å². The van der Waals surface area contributed by atoms with E-state index in [1.807, 2.05) is 36.6 Å². The van der Waals surface area contributed by atoms with Gasteiger partial charge in [0.1, 0.15) is 0 Å². The second kappa shape index (κ2) is 5.53. The van der Waals surface area contributed by atoms with E-state index in [1.54, 1.807) is 0 Å². The number of halogens is 2. The Morgan fingerprint density at radius 1 is 1.35 bits per heavy atom. The van der Waals surface area contributed by atoms with Gasteiger partial charge in [-0.2, -0.15) is 0 Å². The van der Waals surface area contributed by atoms with Gasteiger partial charge >= 0.3 is 0 Å². The van der Waals surface area contributed by atoms with Crippen LogP contribution in [0.2, 0.25) is 5.02 Å². The largest absolute Gasteiger partial charge is 0.387 e. The highest BCUT2D eigenvalue weighted by Crippen LogP contribution is 2.33. The summed E-state index contributed by atoms with van der Waals surface area (Å²) in [5, 5.41) is 12.8. The smallest absolute Gasteiger partial charge is 0.0937 e. The molecule has 1 unspecified atom stereocenters. The zero-order valence-corrected chi connectivity index (χ0v) is 12.4. The van der Waals surface area contributed by atoms with Gasteiger partial charge in [-0.1, -0.05) is 39.7 Å². The monoisotopic (exact) mass is 330 g/mol. The lowest BCUT2D eigenvalue weighted by molar-refractivity contribution is 0.182. The summed E-state index contributed by atoms with van der Waals surface area (Å²) in [6.45, 7) is 1.95. The van der Waals surface area contributed by atoms with E-state index in [-0.39, 0.29) is 0 Å². The molecule has 0 radical (unpaired) electrons. The third-order valence-corrected chi connectivity index (χ3v) is 4.91. The Hall–Kier alpha value is -0.350. The van der Waals surface area contributed by atoms with Crippen molar-refractivity contribution < 1.29 is 5.11 Å². The van der Waals surface area contributed by atoms with Crippen molar-refractivity contribution in [2.75, 3.05) is 0 Å². The van der Waals surface area contributed by atoms with E-state index < -0.39 is 6.10 Å². The van der Waals surface area contributed by atoms with Crippen LogP contribution in [0.5, 0.6) is 0 Å². The van der Waals surface area contributed by atoms with Gasteiger partial charge in [0.25, 0.3) is 0 Å². The van der Waals surface area contributed by atoms with Crippen LogP contribution in [0, 0.1) is 6.92 Å². The highest BCUT2D eigenvalue weighted by atomic mass is 79.9. The van der Waals surface area contributed by atoms with Crippen molar-refractivity contribution in [2.45, 2.75) is 19.4 Å². The van der Waals surface area contributed by atoms with Crippen molar-refractivity contribution in [3.05, 3.63) is 55.1 Å². The zero-order chi connectivity index (χ0) is 12.4. The van der Waals surface area contributed by atoms with Gasteiger partial charge in [0.2, 0.25) is 0 Å². The molecule has 2 aromatic rings. The number of hydrogen-bond acceptors (Lipinski definition) is 2. The number of aryl methyl sites for hydroxylation is 1. The average molecular weight is 332 g/mol. The van der Waals surface area contributed by atoms with Gasteiger partial charge in [-0.3, -0.25) is 0 Å². The Balaban J connectivity index is 2.14. The quantitative estimate of drug-likeness (QED) is 0.860. The molecule has 0 bridgehead atoms. The highest BCUT2D eigenvalue weighted by Gasteiger charge is 2.15. The molecule has 1 N–H and O–H groups in total. The minimum absolute atomic E-state index is 0.526. The summed E-state index contributed by atoms with van der Waals surface area (Å²) in [4.78, 5) is 0.854. The van der Waals surface area contributed by atoms with Crippen LogP contribution in [0.3, 0.4) is 0 Å². The molecule has 1 aromatic heterocycles. The normalized spacial score (nSPS) is 12.7. The van der Waals surface area contributed by atoms with Gasteiger partial charge in [0.05, 0.1) is 16.0 Å². The summed E-state index contributed by atoms with van der Waals surface area (Å²) in [5.74, 6) is 0. The molecule has 0 aliphatic heterocycles. The van der Waals surface area contributed by atoms with Crippen LogP contribution in [0.25, 0.3) is 0 Å². The molecule has 0 aliphatic rings. The predicted molar refractivity (Wildman–Crippen MR) is 76.9 cm³/mol. The molecule has 1 atom stereocenters. The summed E-state index contributed by atoms with van der Waals surface area (Å²) in [6, 6.07) is 7.95. The molecule has 17 heavy (non-hydrogen) atoms. The number of aliphatic hydroxyl groups is 1. The minimum Gasteiger partial charge on any atom is -0.387 e. The Labute approximate surface area is 118 Å². The van der Waals surface area contributed by atoms with Crippen LogP contribution in [-0.2, 0) is 6.42 Å². The lowest BCUT2D eigenvalue weighted by Crippen LogP contribution is -2.00. The van der Waals surface area contributed by atoms with Crippen LogP contribution >= 0.6 is 38.9 Å².